The molecule has 0 amide bonds. The number of carbonyl (C=O) groups is 1. The lowest BCUT2D eigenvalue weighted by Gasteiger charge is -2.35. The van der Waals surface area contributed by atoms with E-state index in [1.807, 2.05) is 27.0 Å². The molecule has 3 aliphatic heterocycles. The number of hydrogen-bond acceptors (Lipinski definition) is 4. The van der Waals surface area contributed by atoms with Crippen LogP contribution in [0.1, 0.15) is 51.8 Å². The molecular formula is C16H23N3O2. The van der Waals surface area contributed by atoms with E-state index in [-0.39, 0.29) is 5.97 Å². The fraction of sp³-hybridized carbons (Fsp3) is 0.750. The highest BCUT2D eigenvalue weighted by Crippen LogP contribution is 2.55. The Balaban J connectivity index is 1.67. The molecule has 0 bridgehead atoms. The molecule has 4 heterocycles. The Morgan fingerprint density at radius 3 is 3.05 bits per heavy atom. The summed E-state index contributed by atoms with van der Waals surface area (Å²) in [5.74, 6) is 0.481. The summed E-state index contributed by atoms with van der Waals surface area (Å²) in [6.45, 7) is 7.78. The van der Waals surface area contributed by atoms with Gasteiger partial charge in [-0.05, 0) is 46.1 Å². The van der Waals surface area contributed by atoms with Crippen molar-refractivity contribution in [2.24, 2.45) is 5.92 Å². The van der Waals surface area contributed by atoms with E-state index in [0.717, 1.165) is 32.4 Å². The van der Waals surface area contributed by atoms with Gasteiger partial charge in [0.25, 0.3) is 0 Å². The van der Waals surface area contributed by atoms with Crippen LogP contribution < -0.4 is 0 Å². The Morgan fingerprint density at radius 1 is 1.48 bits per heavy atom. The maximum atomic E-state index is 12.9. The van der Waals surface area contributed by atoms with Crippen LogP contribution in [0.15, 0.2) is 12.3 Å². The van der Waals surface area contributed by atoms with E-state index in [1.54, 1.807) is 0 Å². The highest BCUT2D eigenvalue weighted by atomic mass is 16.6. The van der Waals surface area contributed by atoms with Gasteiger partial charge >= 0.3 is 5.97 Å². The number of nitrogens with zero attached hydrogens (tertiary/aromatic N) is 3. The molecule has 3 atom stereocenters. The minimum Gasteiger partial charge on any atom is -0.459 e. The fourth-order valence-electron chi connectivity index (χ4n) is 4.53. The molecule has 1 aromatic heterocycles. The summed E-state index contributed by atoms with van der Waals surface area (Å²) in [6.07, 6.45) is 4.80. The van der Waals surface area contributed by atoms with Crippen LogP contribution in [0.3, 0.4) is 0 Å². The van der Waals surface area contributed by atoms with Crippen molar-refractivity contribution in [3.05, 3.63) is 18.0 Å². The van der Waals surface area contributed by atoms with Crippen LogP contribution in [-0.2, 0) is 16.1 Å². The lowest BCUT2D eigenvalue weighted by Crippen LogP contribution is -2.49. The van der Waals surface area contributed by atoms with Gasteiger partial charge in [-0.3, -0.25) is 14.4 Å². The maximum absolute atomic E-state index is 12.9. The zero-order chi connectivity index (χ0) is 14.8. The first-order chi connectivity index (χ1) is 9.91. The third kappa shape index (κ3) is 1.79. The van der Waals surface area contributed by atoms with Gasteiger partial charge < -0.3 is 4.74 Å². The number of rotatable bonds is 1. The van der Waals surface area contributed by atoms with E-state index in [4.69, 9.17) is 4.74 Å². The standard InChI is InChI=1S/C16H23N3O2/c1-15(2,3)21-14(20)16-6-4-8-18(16)13-11(9-16)10-19-12(13)5-7-17-19/h5,7,11,13H,4,6,8-10H2,1-3H3/t11-,13?,16+/m1/s1. The smallest absolute Gasteiger partial charge is 0.327 e. The number of carbonyl (C=O) groups excluding carboxylic acids is 1. The summed E-state index contributed by atoms with van der Waals surface area (Å²) >= 11 is 0. The number of aromatic nitrogens is 2. The Morgan fingerprint density at radius 2 is 2.29 bits per heavy atom. The molecule has 0 N–H and O–H groups in total. The average Bonchev–Trinajstić information content (AvgIpc) is 3.02. The second-order valence-electron chi connectivity index (χ2n) is 7.68. The highest BCUT2D eigenvalue weighted by Gasteiger charge is 2.61. The molecule has 0 aromatic carbocycles. The van der Waals surface area contributed by atoms with Gasteiger partial charge in [-0.15, -0.1) is 0 Å². The van der Waals surface area contributed by atoms with E-state index < -0.39 is 11.1 Å². The van der Waals surface area contributed by atoms with Crippen LogP contribution in [0.25, 0.3) is 0 Å². The van der Waals surface area contributed by atoms with Gasteiger partial charge in [0.15, 0.2) is 0 Å². The molecule has 2 saturated heterocycles. The predicted molar refractivity (Wildman–Crippen MR) is 77.6 cm³/mol. The van der Waals surface area contributed by atoms with Crippen LogP contribution in [0.2, 0.25) is 0 Å². The van der Waals surface area contributed by atoms with Crippen molar-refractivity contribution in [1.82, 2.24) is 14.7 Å². The summed E-state index contributed by atoms with van der Waals surface area (Å²) in [6, 6.07) is 2.45. The topological polar surface area (TPSA) is 47.4 Å². The monoisotopic (exact) mass is 289 g/mol. The molecule has 0 saturated carbocycles. The summed E-state index contributed by atoms with van der Waals surface area (Å²) < 4.78 is 7.86. The lowest BCUT2D eigenvalue weighted by molar-refractivity contribution is -0.167. The second-order valence-corrected chi connectivity index (χ2v) is 7.68. The first-order valence-corrected chi connectivity index (χ1v) is 7.93. The maximum Gasteiger partial charge on any atom is 0.327 e. The Hall–Kier alpha value is -1.36. The van der Waals surface area contributed by atoms with Gasteiger partial charge in [0, 0.05) is 25.2 Å². The van der Waals surface area contributed by atoms with E-state index in [9.17, 15) is 4.79 Å². The zero-order valence-electron chi connectivity index (χ0n) is 13.0. The van der Waals surface area contributed by atoms with E-state index in [0.29, 0.717) is 12.0 Å². The zero-order valence-corrected chi connectivity index (χ0v) is 13.0. The molecule has 114 valence electrons. The van der Waals surface area contributed by atoms with Crippen molar-refractivity contribution in [1.29, 1.82) is 0 Å². The summed E-state index contributed by atoms with van der Waals surface area (Å²) in [5, 5.41) is 4.39. The molecule has 1 unspecified atom stereocenters. The molecule has 0 aliphatic carbocycles. The van der Waals surface area contributed by atoms with Gasteiger partial charge in [0.05, 0.1) is 11.7 Å². The van der Waals surface area contributed by atoms with Crippen molar-refractivity contribution >= 4 is 5.97 Å². The van der Waals surface area contributed by atoms with Crippen molar-refractivity contribution < 1.29 is 9.53 Å². The largest absolute Gasteiger partial charge is 0.459 e. The number of esters is 1. The minimum atomic E-state index is -0.417. The quantitative estimate of drug-likeness (QED) is 0.743. The van der Waals surface area contributed by atoms with Gasteiger partial charge in [0.1, 0.15) is 11.1 Å². The van der Waals surface area contributed by atoms with Crippen LogP contribution in [-0.4, -0.2) is 38.3 Å². The van der Waals surface area contributed by atoms with Crippen molar-refractivity contribution in [3.63, 3.8) is 0 Å². The number of hydrogen-bond donors (Lipinski definition) is 0. The Labute approximate surface area is 125 Å². The summed E-state index contributed by atoms with van der Waals surface area (Å²) in [5.41, 5.74) is 0.463. The third-order valence-electron chi connectivity index (χ3n) is 5.16. The van der Waals surface area contributed by atoms with Crippen molar-refractivity contribution in [2.75, 3.05) is 6.54 Å². The first kappa shape index (κ1) is 13.3. The molecule has 1 aromatic rings. The van der Waals surface area contributed by atoms with Crippen LogP contribution >= 0.6 is 0 Å². The SMILES string of the molecule is CC(C)(C)OC(=O)[C@@]12CCCN1C1c3ccnn3C[C@H]1C2. The van der Waals surface area contributed by atoms with Crippen LogP contribution in [0.4, 0.5) is 0 Å². The number of ether oxygens (including phenoxy) is 1. The van der Waals surface area contributed by atoms with Crippen molar-refractivity contribution in [3.8, 4) is 0 Å². The van der Waals surface area contributed by atoms with Crippen molar-refractivity contribution in [2.45, 2.75) is 63.8 Å². The van der Waals surface area contributed by atoms with E-state index in [2.05, 4.69) is 20.7 Å². The molecular weight excluding hydrogens is 266 g/mol. The fourth-order valence-corrected chi connectivity index (χ4v) is 4.53. The molecule has 5 nitrogen and oxygen atoms in total. The summed E-state index contributed by atoms with van der Waals surface area (Å²) in [7, 11) is 0. The normalized spacial score (nSPS) is 34.6. The third-order valence-corrected chi connectivity index (χ3v) is 5.16. The molecule has 0 spiro atoms. The Kier molecular flexibility index (Phi) is 2.60. The van der Waals surface area contributed by atoms with E-state index in [1.165, 1.54) is 5.69 Å². The van der Waals surface area contributed by atoms with Gasteiger partial charge in [-0.2, -0.15) is 5.10 Å². The highest BCUT2D eigenvalue weighted by molar-refractivity contribution is 5.82. The molecule has 0 radical (unpaired) electrons. The minimum absolute atomic E-state index is 0.0204. The average molecular weight is 289 g/mol. The second kappa shape index (κ2) is 4.09. The van der Waals surface area contributed by atoms with Crippen LogP contribution in [0.5, 0.6) is 0 Å². The molecule has 4 rings (SSSR count). The van der Waals surface area contributed by atoms with Gasteiger partial charge in [0.2, 0.25) is 0 Å². The Bertz CT molecular complexity index is 589. The molecule has 2 fully saturated rings. The van der Waals surface area contributed by atoms with Crippen LogP contribution in [0, 0.1) is 5.92 Å². The molecule has 5 heteroatoms. The molecule has 21 heavy (non-hydrogen) atoms. The predicted octanol–water partition coefficient (Wildman–Crippen LogP) is 2.13. The van der Waals surface area contributed by atoms with Gasteiger partial charge in [-0.1, -0.05) is 0 Å². The first-order valence-electron chi connectivity index (χ1n) is 7.93. The molecule has 3 aliphatic rings. The van der Waals surface area contributed by atoms with Gasteiger partial charge in [-0.25, -0.2) is 0 Å². The van der Waals surface area contributed by atoms with E-state index >= 15 is 0 Å². The number of fused-ring (bicyclic) bond motifs is 5. The summed E-state index contributed by atoms with van der Waals surface area (Å²) in [4.78, 5) is 15.3. The lowest BCUT2D eigenvalue weighted by atomic mass is 9.89.